The minimum Gasteiger partial charge on any atom is -0.297 e. The summed E-state index contributed by atoms with van der Waals surface area (Å²) < 4.78 is 56.5. The van der Waals surface area contributed by atoms with Crippen LogP contribution >= 0.6 is 11.5 Å². The highest BCUT2D eigenvalue weighted by Crippen LogP contribution is 2.27. The molecule has 0 saturated heterocycles. The van der Waals surface area contributed by atoms with E-state index in [1.165, 1.54) is 30.3 Å². The van der Waals surface area contributed by atoms with Crippen molar-refractivity contribution in [2.75, 3.05) is 9.44 Å². The van der Waals surface area contributed by atoms with E-state index in [0.29, 0.717) is 5.52 Å². The Hall–Kier alpha value is -3.23. The molecule has 0 bridgehead atoms. The van der Waals surface area contributed by atoms with Crippen LogP contribution in [-0.2, 0) is 27.1 Å². The van der Waals surface area contributed by atoms with Gasteiger partial charge in [-0.1, -0.05) is 12.1 Å². The molecule has 0 spiro atoms. The average molecular weight is 467 g/mol. The summed E-state index contributed by atoms with van der Waals surface area (Å²) in [7, 11) is -6.50. The summed E-state index contributed by atoms with van der Waals surface area (Å²) in [6.07, 6.45) is 1.04. The van der Waals surface area contributed by atoms with E-state index in [2.05, 4.69) is 24.6 Å². The fourth-order valence-electron chi connectivity index (χ4n) is 2.72. The predicted octanol–water partition coefficient (Wildman–Crippen LogP) is 1.32. The number of hydrogen-bond acceptors (Lipinski definition) is 8. The standard InChI is InChI=1S/C16H14N6O5S3/c1-22-14-7-6-10(8-11(14)15(23)28-22)29(24,25)20-12-4-2-3-5-13(12)21-30(26,27)16-17-9-18-19-16/h2-9,20-21H,1H3,(H,17,18,19). The van der Waals surface area contributed by atoms with E-state index < -0.39 is 25.2 Å². The molecule has 4 aromatic rings. The molecule has 4 rings (SSSR count). The van der Waals surface area contributed by atoms with E-state index in [4.69, 9.17) is 0 Å². The lowest BCUT2D eigenvalue weighted by molar-refractivity contribution is 0.592. The van der Waals surface area contributed by atoms with Gasteiger partial charge in [-0.25, -0.2) is 18.5 Å². The summed E-state index contributed by atoms with van der Waals surface area (Å²) >= 11 is 0.968. The van der Waals surface area contributed by atoms with Crippen LogP contribution in [0.25, 0.3) is 10.9 Å². The molecule has 0 fully saturated rings. The molecule has 0 aliphatic carbocycles. The van der Waals surface area contributed by atoms with Crippen molar-refractivity contribution in [2.45, 2.75) is 10.1 Å². The fraction of sp³-hybridized carbons (Fsp3) is 0.0625. The van der Waals surface area contributed by atoms with Gasteiger partial charge in [0.2, 0.25) is 0 Å². The van der Waals surface area contributed by atoms with Gasteiger partial charge in [-0.15, -0.1) is 0 Å². The molecule has 0 saturated carbocycles. The maximum Gasteiger partial charge on any atom is 0.297 e. The van der Waals surface area contributed by atoms with Crippen LogP contribution in [0.2, 0.25) is 0 Å². The van der Waals surface area contributed by atoms with Crippen molar-refractivity contribution in [1.82, 2.24) is 19.1 Å². The lowest BCUT2D eigenvalue weighted by Gasteiger charge is -2.13. The molecule has 0 aliphatic rings. The number of fused-ring (bicyclic) bond motifs is 1. The van der Waals surface area contributed by atoms with Crippen molar-refractivity contribution in [1.29, 1.82) is 0 Å². The van der Waals surface area contributed by atoms with Crippen LogP contribution in [0.3, 0.4) is 0 Å². The second-order valence-corrected chi connectivity index (χ2v) is 10.5. The smallest absolute Gasteiger partial charge is 0.297 e. The number of anilines is 2. The molecule has 3 N–H and O–H groups in total. The molecule has 0 aliphatic heterocycles. The number of nitrogens with one attached hydrogen (secondary N) is 3. The van der Waals surface area contributed by atoms with E-state index in [0.717, 1.165) is 17.9 Å². The third kappa shape index (κ3) is 3.67. The number of aromatic nitrogens is 4. The molecule has 14 heteroatoms. The van der Waals surface area contributed by atoms with Crippen molar-refractivity contribution in [3.63, 3.8) is 0 Å². The number of nitrogens with zero attached hydrogens (tertiary/aromatic N) is 3. The van der Waals surface area contributed by atoms with Gasteiger partial charge in [-0.2, -0.15) is 13.5 Å². The molecule has 11 nitrogen and oxygen atoms in total. The molecule has 0 unspecified atom stereocenters. The summed E-state index contributed by atoms with van der Waals surface area (Å²) in [5.74, 6) is 0. The van der Waals surface area contributed by atoms with Gasteiger partial charge in [0.1, 0.15) is 6.33 Å². The van der Waals surface area contributed by atoms with Crippen LogP contribution in [0.4, 0.5) is 11.4 Å². The minimum absolute atomic E-state index is 0.00101. The molecule has 0 atom stereocenters. The normalized spacial score (nSPS) is 12.2. The number of benzene rings is 2. The van der Waals surface area contributed by atoms with Gasteiger partial charge in [0.15, 0.2) is 0 Å². The Balaban J connectivity index is 1.69. The van der Waals surface area contributed by atoms with Crippen molar-refractivity contribution in [3.8, 4) is 0 Å². The number of aryl methyl sites for hydroxylation is 1. The predicted molar refractivity (Wildman–Crippen MR) is 112 cm³/mol. The first kappa shape index (κ1) is 20.1. The second-order valence-electron chi connectivity index (χ2n) is 6.10. The van der Waals surface area contributed by atoms with Crippen LogP contribution in [0, 0.1) is 0 Å². The lowest BCUT2D eigenvalue weighted by atomic mass is 10.2. The van der Waals surface area contributed by atoms with Gasteiger partial charge in [-0.05, 0) is 41.9 Å². The molecular weight excluding hydrogens is 452 g/mol. The summed E-state index contributed by atoms with van der Waals surface area (Å²) in [5.41, 5.74) is 0.605. The Kier molecular flexibility index (Phi) is 4.83. The highest BCUT2D eigenvalue weighted by atomic mass is 32.2. The maximum absolute atomic E-state index is 12.9. The zero-order valence-electron chi connectivity index (χ0n) is 15.2. The van der Waals surface area contributed by atoms with E-state index in [9.17, 15) is 21.6 Å². The highest BCUT2D eigenvalue weighted by molar-refractivity contribution is 7.93. The van der Waals surface area contributed by atoms with E-state index in [-0.39, 0.29) is 26.4 Å². The largest absolute Gasteiger partial charge is 0.297 e. The van der Waals surface area contributed by atoms with Crippen molar-refractivity contribution >= 4 is 53.9 Å². The minimum atomic E-state index is -4.11. The lowest BCUT2D eigenvalue weighted by Crippen LogP contribution is -2.18. The van der Waals surface area contributed by atoms with E-state index in [1.807, 2.05) is 0 Å². The van der Waals surface area contributed by atoms with Gasteiger partial charge in [0.05, 0.1) is 27.2 Å². The van der Waals surface area contributed by atoms with Crippen LogP contribution in [-0.4, -0.2) is 36.0 Å². The molecule has 0 amide bonds. The third-order valence-corrected chi connectivity index (χ3v) is 7.53. The quantitative estimate of drug-likeness (QED) is 0.387. The first-order valence-electron chi connectivity index (χ1n) is 8.27. The number of hydrogen-bond donors (Lipinski definition) is 3. The number of para-hydroxylation sites is 2. The van der Waals surface area contributed by atoms with Crippen LogP contribution in [0.1, 0.15) is 0 Å². The Morgan fingerprint density at radius 1 is 1.00 bits per heavy atom. The van der Waals surface area contributed by atoms with Gasteiger partial charge >= 0.3 is 0 Å². The first-order valence-corrected chi connectivity index (χ1v) is 12.0. The third-order valence-electron chi connectivity index (χ3n) is 4.12. The summed E-state index contributed by atoms with van der Waals surface area (Å²) in [5, 5.41) is 5.59. The number of sulfonamides is 2. The topological polar surface area (TPSA) is 156 Å². The van der Waals surface area contributed by atoms with E-state index >= 15 is 0 Å². The SMILES string of the molecule is Cn1sc(=O)c2cc(S(=O)(=O)Nc3ccccc3NS(=O)(=O)c3ncn[nH]3)ccc21. The Morgan fingerprint density at radius 2 is 1.67 bits per heavy atom. The fourth-order valence-corrected chi connectivity index (χ4v) is 5.52. The molecule has 30 heavy (non-hydrogen) atoms. The van der Waals surface area contributed by atoms with Crippen LogP contribution in [0.5, 0.6) is 0 Å². The summed E-state index contributed by atoms with van der Waals surface area (Å²) in [4.78, 5) is 15.5. The maximum atomic E-state index is 12.9. The summed E-state index contributed by atoms with van der Waals surface area (Å²) in [6.45, 7) is 0. The average Bonchev–Trinajstić information content (AvgIpc) is 3.32. The molecule has 2 aromatic heterocycles. The molecule has 0 radical (unpaired) electrons. The van der Waals surface area contributed by atoms with Gasteiger partial charge in [0.25, 0.3) is 29.9 Å². The first-order chi connectivity index (χ1) is 14.2. The molecular formula is C16H14N6O5S3. The molecule has 2 aromatic carbocycles. The number of H-pyrrole nitrogens is 1. The number of rotatable bonds is 6. The molecule has 2 heterocycles. The second kappa shape index (κ2) is 7.23. The van der Waals surface area contributed by atoms with Crippen LogP contribution < -0.4 is 14.2 Å². The van der Waals surface area contributed by atoms with Gasteiger partial charge < -0.3 is 0 Å². The Labute approximate surface area is 174 Å². The van der Waals surface area contributed by atoms with Gasteiger partial charge in [-0.3, -0.25) is 18.2 Å². The van der Waals surface area contributed by atoms with Crippen molar-refractivity contribution in [3.05, 3.63) is 58.3 Å². The van der Waals surface area contributed by atoms with Crippen molar-refractivity contribution in [2.24, 2.45) is 7.05 Å². The van der Waals surface area contributed by atoms with Crippen molar-refractivity contribution < 1.29 is 16.8 Å². The molecule has 156 valence electrons. The zero-order valence-corrected chi connectivity index (χ0v) is 17.7. The van der Waals surface area contributed by atoms with Crippen LogP contribution in [0.15, 0.2) is 63.6 Å². The van der Waals surface area contributed by atoms with Gasteiger partial charge in [0, 0.05) is 7.05 Å². The number of aromatic amines is 1. The monoisotopic (exact) mass is 466 g/mol. The highest BCUT2D eigenvalue weighted by Gasteiger charge is 2.22. The summed E-state index contributed by atoms with van der Waals surface area (Å²) in [6, 6.07) is 10.1. The van der Waals surface area contributed by atoms with E-state index in [1.54, 1.807) is 23.1 Å². The Bertz CT molecular complexity index is 1500. The zero-order chi connectivity index (χ0) is 21.5. The Morgan fingerprint density at radius 3 is 2.30 bits per heavy atom.